The van der Waals surface area contributed by atoms with Gasteiger partial charge in [0.1, 0.15) is 0 Å². The summed E-state index contributed by atoms with van der Waals surface area (Å²) in [6.07, 6.45) is 8.81. The van der Waals surface area contributed by atoms with E-state index in [1.807, 2.05) is 12.1 Å². The van der Waals surface area contributed by atoms with Gasteiger partial charge in [0.25, 0.3) is 0 Å². The van der Waals surface area contributed by atoms with Crippen LogP contribution in [0.5, 0.6) is 0 Å². The van der Waals surface area contributed by atoms with E-state index in [1.165, 1.54) is 32.2 Å². The average Bonchev–Trinajstić information content (AvgIpc) is 2.19. The number of allylic oxidation sites excluding steroid dienone is 1. The summed E-state index contributed by atoms with van der Waals surface area (Å²) in [5.74, 6) is 0. The van der Waals surface area contributed by atoms with Crippen LogP contribution in [0.4, 0.5) is 0 Å². The van der Waals surface area contributed by atoms with E-state index >= 15 is 0 Å². The molecule has 0 amide bonds. The van der Waals surface area contributed by atoms with Crippen LogP contribution >= 0.6 is 0 Å². The molecule has 1 aliphatic heterocycles. The molecule has 2 heteroatoms. The molecular weight excluding hydrogens is 160 g/mol. The van der Waals surface area contributed by atoms with Crippen molar-refractivity contribution in [3.63, 3.8) is 0 Å². The van der Waals surface area contributed by atoms with E-state index in [0.717, 1.165) is 12.6 Å². The van der Waals surface area contributed by atoms with Crippen molar-refractivity contribution < 1.29 is 0 Å². The van der Waals surface area contributed by atoms with Crippen molar-refractivity contribution in [3.05, 3.63) is 12.2 Å². The molecule has 0 radical (unpaired) electrons. The van der Waals surface area contributed by atoms with E-state index in [9.17, 15) is 0 Å². The summed E-state index contributed by atoms with van der Waals surface area (Å²) < 4.78 is 0. The van der Waals surface area contributed by atoms with Crippen molar-refractivity contribution >= 4 is 0 Å². The molecule has 0 aromatic carbocycles. The van der Waals surface area contributed by atoms with Crippen molar-refractivity contribution in [1.82, 2.24) is 4.90 Å². The first kappa shape index (κ1) is 10.3. The zero-order chi connectivity index (χ0) is 9.52. The maximum absolute atomic E-state index is 8.36. The van der Waals surface area contributed by atoms with Gasteiger partial charge in [0.05, 0.1) is 6.07 Å². The SMILES string of the molecule is CCC1CCCCN1C/C=C/C#N. The fourth-order valence-electron chi connectivity index (χ4n) is 2.00. The van der Waals surface area contributed by atoms with E-state index in [2.05, 4.69) is 11.8 Å². The van der Waals surface area contributed by atoms with E-state index in [0.29, 0.717) is 0 Å². The Morgan fingerprint density at radius 3 is 3.08 bits per heavy atom. The Hall–Kier alpha value is -0.810. The fraction of sp³-hybridized carbons (Fsp3) is 0.727. The smallest absolute Gasteiger partial charge is 0.0909 e. The maximum Gasteiger partial charge on any atom is 0.0909 e. The van der Waals surface area contributed by atoms with E-state index in [1.54, 1.807) is 6.08 Å². The minimum Gasteiger partial charge on any atom is -0.297 e. The molecule has 1 atom stereocenters. The lowest BCUT2D eigenvalue weighted by atomic mass is 10.0. The second kappa shape index (κ2) is 5.77. The van der Waals surface area contributed by atoms with Crippen molar-refractivity contribution in [2.75, 3.05) is 13.1 Å². The molecule has 1 heterocycles. The van der Waals surface area contributed by atoms with Crippen LogP contribution < -0.4 is 0 Å². The highest BCUT2D eigenvalue weighted by atomic mass is 15.2. The van der Waals surface area contributed by atoms with Gasteiger partial charge in [-0.3, -0.25) is 4.90 Å². The molecule has 72 valence electrons. The van der Waals surface area contributed by atoms with Crippen LogP contribution in [0.1, 0.15) is 32.6 Å². The molecule has 0 N–H and O–H groups in total. The first-order valence-electron chi connectivity index (χ1n) is 5.17. The van der Waals surface area contributed by atoms with Gasteiger partial charge in [0.2, 0.25) is 0 Å². The highest BCUT2D eigenvalue weighted by Crippen LogP contribution is 2.18. The molecule has 0 saturated carbocycles. The molecule has 1 aliphatic rings. The summed E-state index contributed by atoms with van der Waals surface area (Å²) >= 11 is 0. The van der Waals surface area contributed by atoms with Gasteiger partial charge in [-0.15, -0.1) is 0 Å². The van der Waals surface area contributed by atoms with E-state index in [-0.39, 0.29) is 0 Å². The van der Waals surface area contributed by atoms with Gasteiger partial charge in [-0.1, -0.05) is 19.4 Å². The molecule has 1 saturated heterocycles. The Morgan fingerprint density at radius 2 is 2.38 bits per heavy atom. The maximum atomic E-state index is 8.36. The Bertz CT molecular complexity index is 203. The first-order valence-corrected chi connectivity index (χ1v) is 5.17. The summed E-state index contributed by atoms with van der Waals surface area (Å²) in [6, 6.07) is 2.78. The van der Waals surface area contributed by atoms with Crippen molar-refractivity contribution in [2.24, 2.45) is 0 Å². The van der Waals surface area contributed by atoms with Crippen LogP contribution in [0.25, 0.3) is 0 Å². The summed E-state index contributed by atoms with van der Waals surface area (Å²) in [5.41, 5.74) is 0. The van der Waals surface area contributed by atoms with Crippen molar-refractivity contribution in [1.29, 1.82) is 5.26 Å². The molecule has 2 nitrogen and oxygen atoms in total. The number of hydrogen-bond acceptors (Lipinski definition) is 2. The Morgan fingerprint density at radius 1 is 1.54 bits per heavy atom. The number of nitriles is 1. The third-order valence-corrected chi connectivity index (χ3v) is 2.75. The predicted molar refractivity (Wildman–Crippen MR) is 54.3 cm³/mol. The number of nitrogens with zero attached hydrogens (tertiary/aromatic N) is 2. The summed E-state index contributed by atoms with van der Waals surface area (Å²) in [6.45, 7) is 4.40. The fourth-order valence-corrected chi connectivity index (χ4v) is 2.00. The lowest BCUT2D eigenvalue weighted by Crippen LogP contribution is -2.38. The van der Waals surface area contributed by atoms with E-state index < -0.39 is 0 Å². The molecule has 0 aromatic rings. The number of rotatable bonds is 3. The van der Waals surface area contributed by atoms with Crippen molar-refractivity contribution in [2.45, 2.75) is 38.6 Å². The standard InChI is InChI=1S/C11H18N2/c1-2-11-7-3-5-9-13(11)10-6-4-8-12/h4,6,11H,2-3,5,7,9-10H2,1H3/b6-4+. The largest absolute Gasteiger partial charge is 0.297 e. The molecule has 1 rings (SSSR count). The summed E-state index contributed by atoms with van der Waals surface area (Å²) in [4.78, 5) is 2.48. The second-order valence-electron chi connectivity index (χ2n) is 3.58. The Kier molecular flexibility index (Phi) is 4.56. The van der Waals surface area contributed by atoms with Crippen LogP contribution in [0.2, 0.25) is 0 Å². The lowest BCUT2D eigenvalue weighted by Gasteiger charge is -2.34. The van der Waals surface area contributed by atoms with Crippen LogP contribution in [0.15, 0.2) is 12.2 Å². The van der Waals surface area contributed by atoms with Crippen LogP contribution in [-0.2, 0) is 0 Å². The topological polar surface area (TPSA) is 27.0 Å². The van der Waals surface area contributed by atoms with Gasteiger partial charge in [0, 0.05) is 18.7 Å². The van der Waals surface area contributed by atoms with Crippen molar-refractivity contribution in [3.8, 4) is 6.07 Å². The molecule has 0 bridgehead atoms. The highest BCUT2D eigenvalue weighted by molar-refractivity contribution is 5.03. The number of likely N-dealkylation sites (tertiary alicyclic amines) is 1. The third-order valence-electron chi connectivity index (χ3n) is 2.75. The van der Waals surface area contributed by atoms with Gasteiger partial charge >= 0.3 is 0 Å². The minimum absolute atomic E-state index is 0.747. The van der Waals surface area contributed by atoms with Gasteiger partial charge in [-0.05, 0) is 25.8 Å². The highest BCUT2D eigenvalue weighted by Gasteiger charge is 2.18. The zero-order valence-corrected chi connectivity index (χ0v) is 8.37. The second-order valence-corrected chi connectivity index (χ2v) is 3.58. The normalized spacial score (nSPS) is 24.8. The molecular formula is C11H18N2. The zero-order valence-electron chi connectivity index (χ0n) is 8.37. The molecule has 1 unspecified atom stereocenters. The Labute approximate surface area is 80.8 Å². The first-order chi connectivity index (χ1) is 6.38. The van der Waals surface area contributed by atoms with Gasteiger partial charge < -0.3 is 0 Å². The third kappa shape index (κ3) is 3.20. The van der Waals surface area contributed by atoms with Gasteiger partial charge in [0.15, 0.2) is 0 Å². The molecule has 1 fully saturated rings. The average molecular weight is 178 g/mol. The van der Waals surface area contributed by atoms with Gasteiger partial charge in [-0.2, -0.15) is 5.26 Å². The lowest BCUT2D eigenvalue weighted by molar-refractivity contribution is 0.161. The summed E-state index contributed by atoms with van der Waals surface area (Å²) in [5, 5.41) is 8.36. The molecule has 0 spiro atoms. The van der Waals surface area contributed by atoms with E-state index in [4.69, 9.17) is 5.26 Å². The Balaban J connectivity index is 2.36. The minimum atomic E-state index is 0.747. The van der Waals surface area contributed by atoms with Gasteiger partial charge in [-0.25, -0.2) is 0 Å². The monoisotopic (exact) mass is 178 g/mol. The van der Waals surface area contributed by atoms with Crippen LogP contribution in [0.3, 0.4) is 0 Å². The summed E-state index contributed by atoms with van der Waals surface area (Å²) in [7, 11) is 0. The quantitative estimate of drug-likeness (QED) is 0.620. The van der Waals surface area contributed by atoms with Crippen LogP contribution in [0, 0.1) is 11.3 Å². The molecule has 13 heavy (non-hydrogen) atoms. The van der Waals surface area contributed by atoms with Crippen LogP contribution in [-0.4, -0.2) is 24.0 Å². The predicted octanol–water partition coefficient (Wildman–Crippen LogP) is 2.33. The molecule has 0 aliphatic carbocycles. The number of hydrogen-bond donors (Lipinski definition) is 0. The molecule has 0 aromatic heterocycles. The number of piperidine rings is 1.